The Kier molecular flexibility index (Phi) is 3.56. The van der Waals surface area contributed by atoms with Gasteiger partial charge < -0.3 is 4.74 Å². The number of ether oxygens (including phenoxy) is 1. The van der Waals surface area contributed by atoms with Crippen LogP contribution in [-0.4, -0.2) is 12.9 Å². The third kappa shape index (κ3) is 2.50. The van der Waals surface area contributed by atoms with E-state index in [9.17, 15) is 4.79 Å². The highest BCUT2D eigenvalue weighted by molar-refractivity contribution is 9.10. The summed E-state index contributed by atoms with van der Waals surface area (Å²) in [5.74, 6) is 0.617. The SMILES string of the molecule is O=CCOc1ccc(Cl)cc1Br. The van der Waals surface area contributed by atoms with Crippen LogP contribution in [0.1, 0.15) is 0 Å². The van der Waals surface area contributed by atoms with E-state index in [0.717, 1.165) is 4.47 Å². The Labute approximate surface area is 83.6 Å². The number of hydrogen-bond donors (Lipinski definition) is 0. The fourth-order valence-electron chi connectivity index (χ4n) is 0.716. The van der Waals surface area contributed by atoms with Crippen LogP contribution in [0.3, 0.4) is 0 Å². The summed E-state index contributed by atoms with van der Waals surface area (Å²) in [5, 5.41) is 0.625. The van der Waals surface area contributed by atoms with Gasteiger partial charge in [0.1, 0.15) is 12.4 Å². The Morgan fingerprint density at radius 3 is 2.92 bits per heavy atom. The molecule has 0 saturated carbocycles. The normalized spacial score (nSPS) is 9.50. The topological polar surface area (TPSA) is 26.3 Å². The van der Waals surface area contributed by atoms with Crippen molar-refractivity contribution >= 4 is 33.8 Å². The number of aldehydes is 1. The lowest BCUT2D eigenvalue weighted by Gasteiger charge is -2.03. The minimum atomic E-state index is 0.0558. The Balaban J connectivity index is 2.78. The molecule has 0 aliphatic rings. The van der Waals surface area contributed by atoms with Gasteiger partial charge >= 0.3 is 0 Å². The molecule has 0 radical (unpaired) electrons. The first-order valence-electron chi connectivity index (χ1n) is 3.25. The van der Waals surface area contributed by atoms with Crippen molar-refractivity contribution in [2.24, 2.45) is 0 Å². The van der Waals surface area contributed by atoms with Gasteiger partial charge in [0.2, 0.25) is 0 Å². The summed E-state index contributed by atoms with van der Waals surface area (Å²) >= 11 is 8.95. The second-order valence-corrected chi connectivity index (χ2v) is 3.34. The van der Waals surface area contributed by atoms with Crippen molar-refractivity contribution in [1.29, 1.82) is 0 Å². The molecule has 0 unspecified atom stereocenters. The standard InChI is InChI=1S/C8H6BrClO2/c9-7-5-6(10)1-2-8(7)12-4-3-11/h1-3,5H,4H2. The van der Waals surface area contributed by atoms with Crippen LogP contribution in [0.5, 0.6) is 5.75 Å². The summed E-state index contributed by atoms with van der Waals surface area (Å²) < 4.78 is 5.81. The first-order chi connectivity index (χ1) is 5.74. The number of hydrogen-bond acceptors (Lipinski definition) is 2. The van der Waals surface area contributed by atoms with Gasteiger partial charge in [-0.1, -0.05) is 11.6 Å². The van der Waals surface area contributed by atoms with E-state index in [1.165, 1.54) is 0 Å². The minimum Gasteiger partial charge on any atom is -0.485 e. The zero-order chi connectivity index (χ0) is 8.97. The molecule has 0 aromatic heterocycles. The maximum absolute atomic E-state index is 9.99. The van der Waals surface area contributed by atoms with Crippen LogP contribution >= 0.6 is 27.5 Å². The lowest BCUT2D eigenvalue weighted by atomic mass is 10.3. The van der Waals surface area contributed by atoms with Gasteiger partial charge in [-0.15, -0.1) is 0 Å². The van der Waals surface area contributed by atoms with Crippen molar-refractivity contribution in [1.82, 2.24) is 0 Å². The van der Waals surface area contributed by atoms with Crippen molar-refractivity contribution in [3.63, 3.8) is 0 Å². The maximum atomic E-state index is 9.99. The average Bonchev–Trinajstić information content (AvgIpc) is 2.03. The van der Waals surface area contributed by atoms with Crippen LogP contribution in [-0.2, 0) is 4.79 Å². The first-order valence-corrected chi connectivity index (χ1v) is 4.42. The molecule has 4 heteroatoms. The Bertz CT molecular complexity index is 288. The number of carbonyl (C=O) groups excluding carboxylic acids is 1. The van der Waals surface area contributed by atoms with Gasteiger partial charge in [-0.2, -0.15) is 0 Å². The van der Waals surface area contributed by atoms with Crippen LogP contribution < -0.4 is 4.74 Å². The molecule has 1 rings (SSSR count). The van der Waals surface area contributed by atoms with E-state index < -0.39 is 0 Å². The lowest BCUT2D eigenvalue weighted by molar-refractivity contribution is -0.109. The minimum absolute atomic E-state index is 0.0558. The van der Waals surface area contributed by atoms with Gasteiger partial charge in [0, 0.05) is 5.02 Å². The molecule has 0 heterocycles. The van der Waals surface area contributed by atoms with Gasteiger partial charge in [0.05, 0.1) is 4.47 Å². The van der Waals surface area contributed by atoms with Gasteiger partial charge in [0.15, 0.2) is 6.29 Å². The van der Waals surface area contributed by atoms with E-state index in [-0.39, 0.29) is 6.61 Å². The van der Waals surface area contributed by atoms with Gasteiger partial charge in [-0.25, -0.2) is 0 Å². The van der Waals surface area contributed by atoms with Crippen LogP contribution in [0, 0.1) is 0 Å². The molecular weight excluding hydrogens is 243 g/mol. The summed E-state index contributed by atoms with van der Waals surface area (Å²) in [6, 6.07) is 5.12. The van der Waals surface area contributed by atoms with Crippen LogP contribution in [0.4, 0.5) is 0 Å². The molecular formula is C8H6BrClO2. The molecule has 2 nitrogen and oxygen atoms in total. The molecule has 0 aliphatic heterocycles. The molecule has 1 aromatic rings. The van der Waals surface area contributed by atoms with Crippen molar-refractivity contribution in [2.75, 3.05) is 6.61 Å². The van der Waals surface area contributed by atoms with E-state index in [2.05, 4.69) is 15.9 Å². The first kappa shape index (κ1) is 9.55. The largest absolute Gasteiger partial charge is 0.485 e. The van der Waals surface area contributed by atoms with Crippen molar-refractivity contribution in [3.05, 3.63) is 27.7 Å². The summed E-state index contributed by atoms with van der Waals surface area (Å²) in [6.07, 6.45) is 0.695. The smallest absolute Gasteiger partial charge is 0.157 e. The second kappa shape index (κ2) is 4.48. The summed E-state index contributed by atoms with van der Waals surface area (Å²) in [5.41, 5.74) is 0. The lowest BCUT2D eigenvalue weighted by Crippen LogP contribution is -1.97. The molecule has 0 fully saturated rings. The third-order valence-electron chi connectivity index (χ3n) is 1.20. The zero-order valence-electron chi connectivity index (χ0n) is 6.09. The highest BCUT2D eigenvalue weighted by atomic mass is 79.9. The van der Waals surface area contributed by atoms with Crippen molar-refractivity contribution in [3.8, 4) is 5.75 Å². The Hall–Kier alpha value is -0.540. The third-order valence-corrected chi connectivity index (χ3v) is 2.06. The van der Waals surface area contributed by atoms with E-state index in [4.69, 9.17) is 16.3 Å². The van der Waals surface area contributed by atoms with Crippen LogP contribution in [0.25, 0.3) is 0 Å². The van der Waals surface area contributed by atoms with E-state index in [1.807, 2.05) is 0 Å². The number of rotatable bonds is 3. The quantitative estimate of drug-likeness (QED) is 0.770. The predicted molar refractivity (Wildman–Crippen MR) is 50.7 cm³/mol. The fraction of sp³-hybridized carbons (Fsp3) is 0.125. The second-order valence-electron chi connectivity index (χ2n) is 2.05. The van der Waals surface area contributed by atoms with Gasteiger partial charge in [-0.3, -0.25) is 4.79 Å². The van der Waals surface area contributed by atoms with Crippen LogP contribution in [0.15, 0.2) is 22.7 Å². The monoisotopic (exact) mass is 248 g/mol. The van der Waals surface area contributed by atoms with Gasteiger partial charge in [-0.05, 0) is 34.1 Å². The van der Waals surface area contributed by atoms with E-state index in [1.54, 1.807) is 18.2 Å². The Morgan fingerprint density at radius 2 is 2.33 bits per heavy atom. The molecule has 0 saturated heterocycles. The van der Waals surface area contributed by atoms with Gasteiger partial charge in [0.25, 0.3) is 0 Å². The summed E-state index contributed by atoms with van der Waals surface area (Å²) in [4.78, 5) is 9.99. The molecule has 64 valence electrons. The number of carbonyl (C=O) groups is 1. The highest BCUT2D eigenvalue weighted by Crippen LogP contribution is 2.27. The van der Waals surface area contributed by atoms with E-state index in [0.29, 0.717) is 17.1 Å². The fourth-order valence-corrected chi connectivity index (χ4v) is 1.51. The molecule has 12 heavy (non-hydrogen) atoms. The molecule has 0 atom stereocenters. The number of benzene rings is 1. The maximum Gasteiger partial charge on any atom is 0.157 e. The molecule has 0 spiro atoms. The molecule has 0 amide bonds. The van der Waals surface area contributed by atoms with E-state index >= 15 is 0 Å². The highest BCUT2D eigenvalue weighted by Gasteiger charge is 2.00. The number of halogens is 2. The summed E-state index contributed by atoms with van der Waals surface area (Å²) in [7, 11) is 0. The van der Waals surface area contributed by atoms with Crippen molar-refractivity contribution in [2.45, 2.75) is 0 Å². The molecule has 1 aromatic carbocycles. The summed E-state index contributed by atoms with van der Waals surface area (Å²) in [6.45, 7) is 0.0558. The zero-order valence-corrected chi connectivity index (χ0v) is 8.43. The van der Waals surface area contributed by atoms with Crippen LogP contribution in [0.2, 0.25) is 5.02 Å². The average molecular weight is 249 g/mol. The Morgan fingerprint density at radius 1 is 1.58 bits per heavy atom. The molecule has 0 aliphatic carbocycles. The molecule has 0 bridgehead atoms. The molecule has 0 N–H and O–H groups in total. The predicted octanol–water partition coefficient (Wildman–Crippen LogP) is 2.68. The van der Waals surface area contributed by atoms with Crippen molar-refractivity contribution < 1.29 is 9.53 Å².